The maximum atomic E-state index is 12.2. The van der Waals surface area contributed by atoms with E-state index in [1.807, 2.05) is 0 Å². The summed E-state index contributed by atoms with van der Waals surface area (Å²) in [7, 11) is 0. The second kappa shape index (κ2) is 5.04. The van der Waals surface area contributed by atoms with Crippen molar-refractivity contribution in [1.82, 2.24) is 19.1 Å². The minimum absolute atomic E-state index is 0.0265. The molecule has 0 spiro atoms. The van der Waals surface area contributed by atoms with Gasteiger partial charge in [0, 0.05) is 12.2 Å². The number of carbonyl (C=O) groups is 2. The number of carboxylic acids is 1. The Morgan fingerprint density at radius 3 is 2.76 bits per heavy atom. The summed E-state index contributed by atoms with van der Waals surface area (Å²) in [5.41, 5.74) is 0.0385. The first-order valence-electron chi connectivity index (χ1n) is 6.62. The Morgan fingerprint density at radius 1 is 1.38 bits per heavy atom. The molecule has 1 aliphatic rings. The SMILES string of the molecule is O=C(O)CN(C(=O)Cn1nc2ccccn2c1=O)C1CC1. The molecule has 0 unspecified atom stereocenters. The Labute approximate surface area is 119 Å². The Balaban J connectivity index is 1.83. The fourth-order valence-electron chi connectivity index (χ4n) is 2.24. The second-order valence-corrected chi connectivity index (χ2v) is 5.02. The highest BCUT2D eigenvalue weighted by atomic mass is 16.4. The van der Waals surface area contributed by atoms with E-state index in [1.54, 1.807) is 24.4 Å². The average Bonchev–Trinajstić information content (AvgIpc) is 3.23. The van der Waals surface area contributed by atoms with Crippen molar-refractivity contribution in [3.05, 3.63) is 34.9 Å². The highest BCUT2D eigenvalue weighted by Gasteiger charge is 2.34. The summed E-state index contributed by atoms with van der Waals surface area (Å²) in [6.45, 7) is -0.587. The van der Waals surface area contributed by atoms with Gasteiger partial charge in [-0.25, -0.2) is 9.48 Å². The Morgan fingerprint density at radius 2 is 2.14 bits per heavy atom. The lowest BCUT2D eigenvalue weighted by Crippen LogP contribution is -2.41. The third-order valence-electron chi connectivity index (χ3n) is 3.39. The quantitative estimate of drug-likeness (QED) is 0.806. The smallest absolute Gasteiger partial charge is 0.350 e. The molecule has 21 heavy (non-hydrogen) atoms. The zero-order valence-electron chi connectivity index (χ0n) is 11.2. The van der Waals surface area contributed by atoms with Gasteiger partial charge in [-0.3, -0.25) is 14.0 Å². The molecule has 2 aromatic rings. The lowest BCUT2D eigenvalue weighted by atomic mass is 10.4. The number of hydrogen-bond donors (Lipinski definition) is 1. The number of hydrogen-bond acceptors (Lipinski definition) is 4. The van der Waals surface area contributed by atoms with Crippen LogP contribution in [0.25, 0.3) is 5.65 Å². The highest BCUT2D eigenvalue weighted by molar-refractivity contribution is 5.81. The molecule has 1 aliphatic carbocycles. The molecule has 0 aliphatic heterocycles. The zero-order valence-corrected chi connectivity index (χ0v) is 11.2. The van der Waals surface area contributed by atoms with Crippen LogP contribution in [0.4, 0.5) is 0 Å². The zero-order chi connectivity index (χ0) is 15.0. The molecule has 1 amide bonds. The number of fused-ring (bicyclic) bond motifs is 1. The van der Waals surface area contributed by atoms with Gasteiger partial charge in [-0.2, -0.15) is 0 Å². The van der Waals surface area contributed by atoms with Crippen LogP contribution in [0, 0.1) is 0 Å². The lowest BCUT2D eigenvalue weighted by Gasteiger charge is -2.19. The largest absolute Gasteiger partial charge is 0.480 e. The number of pyridine rings is 1. The Kier molecular flexibility index (Phi) is 3.20. The first-order chi connectivity index (χ1) is 10.1. The van der Waals surface area contributed by atoms with Crippen LogP contribution < -0.4 is 5.69 Å². The van der Waals surface area contributed by atoms with Gasteiger partial charge < -0.3 is 10.0 Å². The fraction of sp³-hybridized carbons (Fsp3) is 0.385. The second-order valence-electron chi connectivity index (χ2n) is 5.02. The van der Waals surface area contributed by atoms with Crippen molar-refractivity contribution in [3.63, 3.8) is 0 Å². The van der Waals surface area contributed by atoms with Crippen LogP contribution in [-0.4, -0.2) is 48.7 Å². The molecule has 0 aromatic carbocycles. The van der Waals surface area contributed by atoms with Gasteiger partial charge >= 0.3 is 11.7 Å². The van der Waals surface area contributed by atoms with Gasteiger partial charge in [0.05, 0.1) is 0 Å². The van der Waals surface area contributed by atoms with Crippen LogP contribution in [0.3, 0.4) is 0 Å². The van der Waals surface area contributed by atoms with Crippen molar-refractivity contribution in [1.29, 1.82) is 0 Å². The van der Waals surface area contributed by atoms with E-state index in [9.17, 15) is 14.4 Å². The minimum atomic E-state index is -1.06. The summed E-state index contributed by atoms with van der Waals surface area (Å²) in [5.74, 6) is -1.46. The van der Waals surface area contributed by atoms with E-state index in [1.165, 1.54) is 9.30 Å². The van der Waals surface area contributed by atoms with Crippen LogP contribution in [0.5, 0.6) is 0 Å². The summed E-state index contributed by atoms with van der Waals surface area (Å²) in [6.07, 6.45) is 3.18. The van der Waals surface area contributed by atoms with Crippen molar-refractivity contribution >= 4 is 17.5 Å². The molecular formula is C13H14N4O4. The van der Waals surface area contributed by atoms with Gasteiger partial charge in [-0.05, 0) is 25.0 Å². The molecule has 1 fully saturated rings. The number of carbonyl (C=O) groups excluding carboxylic acids is 1. The highest BCUT2D eigenvalue weighted by Crippen LogP contribution is 2.26. The normalized spacial score (nSPS) is 14.3. The Bertz CT molecular complexity index is 759. The predicted octanol–water partition coefficient (Wildman–Crippen LogP) is -0.428. The van der Waals surface area contributed by atoms with Gasteiger partial charge in [0.1, 0.15) is 13.1 Å². The van der Waals surface area contributed by atoms with E-state index in [4.69, 9.17) is 5.11 Å². The Hall–Kier alpha value is -2.64. The number of aliphatic carboxylic acids is 1. The molecule has 0 bridgehead atoms. The molecular weight excluding hydrogens is 276 g/mol. The van der Waals surface area contributed by atoms with Crippen LogP contribution in [0.15, 0.2) is 29.2 Å². The number of rotatable bonds is 5. The topological polar surface area (TPSA) is 96.9 Å². The third-order valence-corrected chi connectivity index (χ3v) is 3.39. The van der Waals surface area contributed by atoms with E-state index < -0.39 is 17.6 Å². The van der Waals surface area contributed by atoms with E-state index in [-0.39, 0.29) is 19.1 Å². The van der Waals surface area contributed by atoms with E-state index in [0.717, 1.165) is 17.5 Å². The van der Waals surface area contributed by atoms with Crippen molar-refractivity contribution in [3.8, 4) is 0 Å². The molecule has 8 nitrogen and oxygen atoms in total. The molecule has 1 N–H and O–H groups in total. The molecule has 2 heterocycles. The molecule has 0 saturated heterocycles. The van der Waals surface area contributed by atoms with Crippen LogP contribution in [0.2, 0.25) is 0 Å². The van der Waals surface area contributed by atoms with Crippen molar-refractivity contribution < 1.29 is 14.7 Å². The number of carboxylic acid groups (broad SMARTS) is 1. The number of amides is 1. The summed E-state index contributed by atoms with van der Waals surface area (Å²) in [6, 6.07) is 5.08. The van der Waals surface area contributed by atoms with Gasteiger partial charge in [-0.15, -0.1) is 5.10 Å². The van der Waals surface area contributed by atoms with E-state index in [2.05, 4.69) is 5.10 Å². The van der Waals surface area contributed by atoms with Crippen molar-refractivity contribution in [2.24, 2.45) is 0 Å². The molecule has 3 rings (SSSR count). The summed E-state index contributed by atoms with van der Waals surface area (Å²) in [4.78, 5) is 36.4. The minimum Gasteiger partial charge on any atom is -0.480 e. The summed E-state index contributed by atoms with van der Waals surface area (Å²) >= 11 is 0. The standard InChI is InChI=1S/C13H14N4O4/c18-11(16(8-12(19)20)9-4-5-9)7-17-13(21)15-6-2-1-3-10(15)14-17/h1-3,6,9H,4-5,7-8H2,(H,19,20). The first kappa shape index (κ1) is 13.3. The average molecular weight is 290 g/mol. The summed E-state index contributed by atoms with van der Waals surface area (Å²) < 4.78 is 2.40. The maximum absolute atomic E-state index is 12.2. The number of aromatic nitrogens is 3. The van der Waals surface area contributed by atoms with Gasteiger partial charge in [-0.1, -0.05) is 6.07 Å². The van der Waals surface area contributed by atoms with Gasteiger partial charge in [0.2, 0.25) is 5.91 Å². The molecule has 0 radical (unpaired) electrons. The van der Waals surface area contributed by atoms with E-state index in [0.29, 0.717) is 5.65 Å². The fourth-order valence-corrected chi connectivity index (χ4v) is 2.24. The van der Waals surface area contributed by atoms with Gasteiger partial charge in [0.25, 0.3) is 0 Å². The molecule has 0 atom stereocenters. The van der Waals surface area contributed by atoms with E-state index >= 15 is 0 Å². The van der Waals surface area contributed by atoms with Crippen LogP contribution in [0.1, 0.15) is 12.8 Å². The molecule has 110 valence electrons. The molecule has 1 saturated carbocycles. The first-order valence-corrected chi connectivity index (χ1v) is 6.62. The third kappa shape index (κ3) is 2.64. The van der Waals surface area contributed by atoms with Crippen LogP contribution in [-0.2, 0) is 16.1 Å². The number of nitrogens with zero attached hydrogens (tertiary/aromatic N) is 4. The lowest BCUT2D eigenvalue weighted by molar-refractivity contribution is -0.145. The van der Waals surface area contributed by atoms with Crippen molar-refractivity contribution in [2.75, 3.05) is 6.54 Å². The van der Waals surface area contributed by atoms with Crippen LogP contribution >= 0.6 is 0 Å². The summed E-state index contributed by atoms with van der Waals surface area (Å²) in [5, 5.41) is 12.9. The molecule has 8 heteroatoms. The monoisotopic (exact) mass is 290 g/mol. The van der Waals surface area contributed by atoms with Crippen molar-refractivity contribution in [2.45, 2.75) is 25.4 Å². The molecule has 2 aromatic heterocycles. The predicted molar refractivity (Wildman–Crippen MR) is 71.8 cm³/mol. The maximum Gasteiger partial charge on any atom is 0.350 e. The van der Waals surface area contributed by atoms with Gasteiger partial charge in [0.15, 0.2) is 5.65 Å².